The van der Waals surface area contributed by atoms with E-state index in [4.69, 9.17) is 27.9 Å². The minimum atomic E-state index is -3.94. The highest BCUT2D eigenvalue weighted by Crippen LogP contribution is 2.30. The summed E-state index contributed by atoms with van der Waals surface area (Å²) in [4.78, 5) is 12.4. The first-order chi connectivity index (χ1) is 12.7. The van der Waals surface area contributed by atoms with E-state index in [9.17, 15) is 13.2 Å². The number of benzene rings is 2. The Morgan fingerprint density at radius 1 is 1.19 bits per heavy atom. The van der Waals surface area contributed by atoms with Crippen LogP contribution >= 0.6 is 23.2 Å². The Morgan fingerprint density at radius 3 is 2.37 bits per heavy atom. The summed E-state index contributed by atoms with van der Waals surface area (Å²) in [5.41, 5.74) is 1.00. The maximum absolute atomic E-state index is 13.0. The third-order valence-electron chi connectivity index (χ3n) is 3.84. The van der Waals surface area contributed by atoms with Gasteiger partial charge in [0.05, 0.1) is 29.4 Å². The van der Waals surface area contributed by atoms with Gasteiger partial charge in [-0.2, -0.15) is 4.31 Å². The number of rotatable bonds is 7. The number of ether oxygens (including phenoxy) is 1. The molecule has 0 saturated heterocycles. The lowest BCUT2D eigenvalue weighted by atomic mass is 10.2. The van der Waals surface area contributed by atoms with Crippen LogP contribution in [0.4, 0.5) is 5.69 Å². The number of nitrogens with one attached hydrogen (secondary N) is 1. The summed E-state index contributed by atoms with van der Waals surface area (Å²) in [5.74, 6) is -0.337. The average molecular weight is 431 g/mol. The van der Waals surface area contributed by atoms with Gasteiger partial charge >= 0.3 is 0 Å². The lowest BCUT2D eigenvalue weighted by Crippen LogP contribution is -2.38. The van der Waals surface area contributed by atoms with Crippen LogP contribution < -0.4 is 10.1 Å². The number of sulfonamides is 1. The Kier molecular flexibility index (Phi) is 7.11. The molecule has 0 bridgehead atoms. The lowest BCUT2D eigenvalue weighted by molar-refractivity contribution is -0.116. The second-order valence-electron chi connectivity index (χ2n) is 5.73. The van der Waals surface area contributed by atoms with Crippen LogP contribution in [0.1, 0.15) is 12.5 Å². The van der Waals surface area contributed by atoms with Crippen molar-refractivity contribution in [1.82, 2.24) is 4.31 Å². The predicted octanol–water partition coefficient (Wildman–Crippen LogP) is 3.96. The van der Waals surface area contributed by atoms with Gasteiger partial charge in [-0.05, 0) is 36.8 Å². The van der Waals surface area contributed by atoms with Gasteiger partial charge < -0.3 is 10.1 Å². The van der Waals surface area contributed by atoms with Crippen molar-refractivity contribution >= 4 is 44.8 Å². The molecular weight excluding hydrogens is 411 g/mol. The third kappa shape index (κ3) is 4.93. The summed E-state index contributed by atoms with van der Waals surface area (Å²) in [6, 6.07) is 9.65. The zero-order valence-corrected chi connectivity index (χ0v) is 17.5. The molecule has 9 heteroatoms. The van der Waals surface area contributed by atoms with Crippen molar-refractivity contribution < 1.29 is 17.9 Å². The maximum Gasteiger partial charge on any atom is 0.247 e. The van der Waals surface area contributed by atoms with E-state index >= 15 is 0 Å². The summed E-state index contributed by atoms with van der Waals surface area (Å²) in [6.45, 7) is 3.14. The molecule has 1 amide bonds. The molecule has 0 aromatic heterocycles. The van der Waals surface area contributed by atoms with Gasteiger partial charge in [-0.3, -0.25) is 4.79 Å². The van der Waals surface area contributed by atoms with Crippen LogP contribution in [0.15, 0.2) is 41.3 Å². The molecule has 2 aromatic rings. The van der Waals surface area contributed by atoms with Gasteiger partial charge in [0.2, 0.25) is 15.9 Å². The molecule has 0 aliphatic heterocycles. The normalized spacial score (nSPS) is 11.5. The van der Waals surface area contributed by atoms with E-state index in [-0.39, 0.29) is 32.9 Å². The van der Waals surface area contributed by atoms with Crippen molar-refractivity contribution in [3.8, 4) is 5.75 Å². The smallest absolute Gasteiger partial charge is 0.247 e. The molecule has 0 atom stereocenters. The first-order valence-electron chi connectivity index (χ1n) is 8.09. The Morgan fingerprint density at radius 2 is 1.81 bits per heavy atom. The third-order valence-corrected chi connectivity index (χ3v) is 6.41. The average Bonchev–Trinajstić information content (AvgIpc) is 2.62. The summed E-state index contributed by atoms with van der Waals surface area (Å²) in [5, 5.41) is 3.10. The van der Waals surface area contributed by atoms with Crippen LogP contribution in [0, 0.1) is 6.92 Å². The fourth-order valence-corrected chi connectivity index (χ4v) is 4.59. The molecule has 0 aliphatic carbocycles. The molecule has 2 aromatic carbocycles. The molecule has 0 radical (unpaired) electrons. The molecule has 0 spiro atoms. The molecule has 27 heavy (non-hydrogen) atoms. The number of halogens is 2. The van der Waals surface area contributed by atoms with Gasteiger partial charge in [-0.25, -0.2) is 8.42 Å². The van der Waals surface area contributed by atoms with Crippen molar-refractivity contribution in [3.63, 3.8) is 0 Å². The summed E-state index contributed by atoms with van der Waals surface area (Å²) >= 11 is 12.1. The van der Waals surface area contributed by atoms with Crippen molar-refractivity contribution in [2.75, 3.05) is 25.5 Å². The molecule has 0 heterocycles. The molecule has 0 fully saturated rings. The molecular formula is C18H20Cl2N2O4S. The number of carbonyl (C=O) groups is 1. The number of hydrogen-bond acceptors (Lipinski definition) is 4. The van der Waals surface area contributed by atoms with E-state index < -0.39 is 22.5 Å². The highest BCUT2D eigenvalue weighted by Gasteiger charge is 2.28. The fraction of sp³-hybridized carbons (Fsp3) is 0.278. The highest BCUT2D eigenvalue weighted by molar-refractivity contribution is 7.89. The van der Waals surface area contributed by atoms with Crippen molar-refractivity contribution in [2.45, 2.75) is 18.7 Å². The van der Waals surface area contributed by atoms with Crippen molar-refractivity contribution in [3.05, 3.63) is 52.0 Å². The largest absolute Gasteiger partial charge is 0.495 e. The number of nitrogens with zero attached hydrogens (tertiary/aromatic N) is 1. The van der Waals surface area contributed by atoms with Crippen LogP contribution in [-0.4, -0.2) is 38.8 Å². The van der Waals surface area contributed by atoms with E-state index in [1.807, 2.05) is 0 Å². The zero-order chi connectivity index (χ0) is 20.2. The minimum absolute atomic E-state index is 0.00965. The van der Waals surface area contributed by atoms with E-state index in [1.54, 1.807) is 44.2 Å². The van der Waals surface area contributed by atoms with Gasteiger partial charge in [-0.1, -0.05) is 42.3 Å². The van der Waals surface area contributed by atoms with E-state index in [2.05, 4.69) is 5.32 Å². The number of para-hydroxylation sites is 1. The topological polar surface area (TPSA) is 75.7 Å². The van der Waals surface area contributed by atoms with Gasteiger partial charge in [0, 0.05) is 6.54 Å². The number of hydrogen-bond donors (Lipinski definition) is 1. The Balaban J connectivity index is 2.28. The fourth-order valence-electron chi connectivity index (χ4n) is 2.45. The molecule has 2 rings (SSSR count). The van der Waals surface area contributed by atoms with Gasteiger partial charge in [0.15, 0.2) is 0 Å². The van der Waals surface area contributed by atoms with Crippen LogP contribution in [0.3, 0.4) is 0 Å². The van der Waals surface area contributed by atoms with Gasteiger partial charge in [0.25, 0.3) is 0 Å². The number of aryl methyl sites for hydroxylation is 1. The van der Waals surface area contributed by atoms with Crippen molar-refractivity contribution in [2.24, 2.45) is 0 Å². The molecule has 146 valence electrons. The van der Waals surface area contributed by atoms with Crippen LogP contribution in [0.25, 0.3) is 0 Å². The Labute approximate surface area is 169 Å². The standard InChI is InChI=1S/C18H20Cl2N2O4S/c1-4-22(11-17(23)21-18-13(19)6-5-7-14(18)20)27(24,25)16-10-12(2)8-9-15(16)26-3/h5-10H,4,11H2,1-3H3,(H,21,23). The minimum Gasteiger partial charge on any atom is -0.495 e. The van der Waals surface area contributed by atoms with Crippen LogP contribution in [0.5, 0.6) is 5.75 Å². The molecule has 0 aliphatic rings. The van der Waals surface area contributed by atoms with Crippen molar-refractivity contribution in [1.29, 1.82) is 0 Å². The number of carbonyl (C=O) groups excluding carboxylic acids is 1. The SMILES string of the molecule is CCN(CC(=O)Nc1c(Cl)cccc1Cl)S(=O)(=O)c1cc(C)ccc1OC. The van der Waals surface area contributed by atoms with Crippen LogP contribution in [-0.2, 0) is 14.8 Å². The zero-order valence-electron chi connectivity index (χ0n) is 15.1. The number of methoxy groups -OCH3 is 1. The summed E-state index contributed by atoms with van der Waals surface area (Å²) < 4.78 is 32.3. The number of amides is 1. The monoisotopic (exact) mass is 430 g/mol. The van der Waals surface area contributed by atoms with E-state index in [0.717, 1.165) is 9.87 Å². The highest BCUT2D eigenvalue weighted by atomic mass is 35.5. The second-order valence-corrected chi connectivity index (χ2v) is 8.45. The summed E-state index contributed by atoms with van der Waals surface area (Å²) in [7, 11) is -2.55. The van der Waals surface area contributed by atoms with E-state index in [0.29, 0.717) is 0 Å². The number of likely N-dealkylation sites (N-methyl/N-ethyl adjacent to an activating group) is 1. The quantitative estimate of drug-likeness (QED) is 0.720. The van der Waals surface area contributed by atoms with Crippen LogP contribution in [0.2, 0.25) is 10.0 Å². The Bertz CT molecular complexity index is 928. The van der Waals surface area contributed by atoms with Gasteiger partial charge in [0.1, 0.15) is 10.6 Å². The maximum atomic E-state index is 13.0. The summed E-state index contributed by atoms with van der Waals surface area (Å²) in [6.07, 6.45) is 0. The Hall–Kier alpha value is -1.80. The molecule has 0 unspecified atom stereocenters. The number of anilines is 1. The first-order valence-corrected chi connectivity index (χ1v) is 10.3. The first kappa shape index (κ1) is 21.5. The van der Waals surface area contributed by atoms with Gasteiger partial charge in [-0.15, -0.1) is 0 Å². The predicted molar refractivity (Wildman–Crippen MR) is 107 cm³/mol. The molecule has 0 saturated carbocycles. The molecule has 6 nitrogen and oxygen atoms in total. The van der Waals surface area contributed by atoms with E-state index in [1.165, 1.54) is 13.2 Å². The molecule has 1 N–H and O–H groups in total. The lowest BCUT2D eigenvalue weighted by Gasteiger charge is -2.22. The second kappa shape index (κ2) is 8.93.